The molecule has 3 nitrogen and oxygen atoms in total. The lowest BCUT2D eigenvalue weighted by Crippen LogP contribution is -2.50. The fourth-order valence-electron chi connectivity index (χ4n) is 2.93. The zero-order valence-corrected chi connectivity index (χ0v) is 12.3. The van der Waals surface area contributed by atoms with Gasteiger partial charge in [-0.25, -0.2) is 4.39 Å². The number of hydrogen-bond donors (Lipinski definition) is 1. The Labute approximate surface area is 122 Å². The number of amides is 1. The first-order valence-corrected chi connectivity index (χ1v) is 7.26. The van der Waals surface area contributed by atoms with Crippen LogP contribution in [-0.2, 0) is 4.79 Å². The zero-order valence-electron chi connectivity index (χ0n) is 10.1. The van der Waals surface area contributed by atoms with Crippen molar-refractivity contribution in [3.8, 4) is 0 Å². The Bertz CT molecular complexity index is 357. The molecule has 1 aliphatic carbocycles. The van der Waals surface area contributed by atoms with Gasteiger partial charge in [0.2, 0.25) is 5.91 Å². The molecule has 1 saturated heterocycles. The molecular formula is C11H15F4IN2O. The van der Waals surface area contributed by atoms with E-state index in [0.29, 0.717) is 12.8 Å². The number of alkyl halides is 4. The van der Waals surface area contributed by atoms with Crippen LogP contribution in [0.4, 0.5) is 17.6 Å². The van der Waals surface area contributed by atoms with Crippen LogP contribution in [0.25, 0.3) is 0 Å². The molecule has 8 heteroatoms. The van der Waals surface area contributed by atoms with Crippen molar-refractivity contribution in [1.29, 1.82) is 0 Å². The molecule has 2 fully saturated rings. The van der Waals surface area contributed by atoms with E-state index < -0.39 is 29.7 Å². The van der Waals surface area contributed by atoms with Crippen LogP contribution in [0.1, 0.15) is 25.7 Å². The molecule has 110 valence electrons. The molecule has 2 aliphatic rings. The van der Waals surface area contributed by atoms with E-state index in [2.05, 4.69) is 3.53 Å². The lowest BCUT2D eigenvalue weighted by atomic mass is 9.83. The summed E-state index contributed by atoms with van der Waals surface area (Å²) in [6.07, 6.45) is -5.43. The van der Waals surface area contributed by atoms with Crippen LogP contribution in [0.5, 0.6) is 0 Å². The molecule has 1 unspecified atom stereocenters. The third-order valence-electron chi connectivity index (χ3n) is 4.08. The quantitative estimate of drug-likeness (QED) is 0.444. The van der Waals surface area contributed by atoms with E-state index in [0.717, 1.165) is 4.90 Å². The van der Waals surface area contributed by atoms with E-state index in [9.17, 15) is 22.4 Å². The predicted molar refractivity (Wildman–Crippen MR) is 69.4 cm³/mol. The molecule has 2 rings (SSSR count). The number of hydrogen-bond acceptors (Lipinski definition) is 2. The molecule has 2 atom stereocenters. The van der Waals surface area contributed by atoms with Gasteiger partial charge in [0.1, 0.15) is 11.6 Å². The van der Waals surface area contributed by atoms with Gasteiger partial charge in [-0.05, 0) is 12.8 Å². The lowest BCUT2D eigenvalue weighted by Gasteiger charge is -2.33. The van der Waals surface area contributed by atoms with Gasteiger partial charge in [-0.15, -0.1) is 0 Å². The highest BCUT2D eigenvalue weighted by atomic mass is 127. The SMILES string of the molecule is O=C(N1CC(NI)[C@@H](F)C1)C1(C(F)(F)F)CCCC1. The van der Waals surface area contributed by atoms with Crippen molar-refractivity contribution in [3.63, 3.8) is 0 Å². The summed E-state index contributed by atoms with van der Waals surface area (Å²) in [6, 6.07) is -0.587. The smallest absolute Gasteiger partial charge is 0.337 e. The molecular weight excluding hydrogens is 379 g/mol. The average molecular weight is 394 g/mol. The van der Waals surface area contributed by atoms with Gasteiger partial charge < -0.3 is 4.90 Å². The molecule has 19 heavy (non-hydrogen) atoms. The summed E-state index contributed by atoms with van der Waals surface area (Å²) in [6.45, 7) is -0.252. The first-order valence-electron chi connectivity index (χ1n) is 6.18. The van der Waals surface area contributed by atoms with Gasteiger partial charge in [0.05, 0.1) is 12.6 Å². The van der Waals surface area contributed by atoms with E-state index >= 15 is 0 Å². The van der Waals surface area contributed by atoms with Crippen molar-refractivity contribution in [2.75, 3.05) is 13.1 Å². The highest BCUT2D eigenvalue weighted by Crippen LogP contribution is 2.51. The standard InChI is InChI=1S/C11H15F4IN2O/c12-7-5-18(6-8(7)17-16)9(19)10(11(13,14)15)3-1-2-4-10/h7-8,17H,1-6H2/t7-,8?/m0/s1. The van der Waals surface area contributed by atoms with Gasteiger partial charge in [-0.1, -0.05) is 12.8 Å². The number of nitrogens with one attached hydrogen (secondary N) is 1. The van der Waals surface area contributed by atoms with Crippen LogP contribution in [0.3, 0.4) is 0 Å². The number of likely N-dealkylation sites (tertiary alicyclic amines) is 1. The summed E-state index contributed by atoms with van der Waals surface area (Å²) < 4.78 is 55.9. The summed E-state index contributed by atoms with van der Waals surface area (Å²) in [5.41, 5.74) is -2.28. The van der Waals surface area contributed by atoms with Crippen molar-refractivity contribution < 1.29 is 22.4 Å². The van der Waals surface area contributed by atoms with E-state index in [1.54, 1.807) is 22.9 Å². The Kier molecular flexibility index (Phi) is 4.29. The van der Waals surface area contributed by atoms with E-state index in [1.165, 1.54) is 0 Å². The molecule has 1 aliphatic heterocycles. The minimum absolute atomic E-state index is 0.000764. The summed E-state index contributed by atoms with van der Waals surface area (Å²) in [7, 11) is 0. The summed E-state index contributed by atoms with van der Waals surface area (Å²) in [4.78, 5) is 13.3. The summed E-state index contributed by atoms with van der Waals surface area (Å²) in [5, 5.41) is 0. The number of carbonyl (C=O) groups is 1. The number of halogens is 5. The second kappa shape index (κ2) is 5.34. The summed E-state index contributed by atoms with van der Waals surface area (Å²) in [5.74, 6) is -0.950. The van der Waals surface area contributed by atoms with Crippen molar-refractivity contribution >= 4 is 28.8 Å². The molecule has 0 aromatic heterocycles. The van der Waals surface area contributed by atoms with Crippen LogP contribution >= 0.6 is 22.9 Å². The average Bonchev–Trinajstić information content (AvgIpc) is 2.93. The number of nitrogens with zero attached hydrogens (tertiary/aromatic N) is 1. The maximum Gasteiger partial charge on any atom is 0.403 e. The van der Waals surface area contributed by atoms with Gasteiger partial charge in [0.25, 0.3) is 0 Å². The lowest BCUT2D eigenvalue weighted by molar-refractivity contribution is -0.225. The highest BCUT2D eigenvalue weighted by Gasteiger charge is 2.62. The number of rotatable bonds is 2. The topological polar surface area (TPSA) is 32.3 Å². The van der Waals surface area contributed by atoms with Crippen LogP contribution < -0.4 is 3.53 Å². The minimum Gasteiger partial charge on any atom is -0.337 e. The van der Waals surface area contributed by atoms with Crippen molar-refractivity contribution in [2.45, 2.75) is 44.1 Å². The molecule has 1 saturated carbocycles. The Morgan fingerprint density at radius 2 is 1.84 bits per heavy atom. The Hall–Kier alpha value is -0.120. The molecule has 1 N–H and O–H groups in total. The first-order chi connectivity index (χ1) is 8.82. The Morgan fingerprint density at radius 1 is 1.26 bits per heavy atom. The molecule has 0 bridgehead atoms. The second-order valence-corrected chi connectivity index (χ2v) is 5.85. The van der Waals surface area contributed by atoms with E-state index in [1.807, 2.05) is 0 Å². The molecule has 0 radical (unpaired) electrons. The fraction of sp³-hybridized carbons (Fsp3) is 0.909. The fourth-order valence-corrected chi connectivity index (χ4v) is 3.52. The summed E-state index contributed by atoms with van der Waals surface area (Å²) >= 11 is 1.76. The van der Waals surface area contributed by atoms with Crippen molar-refractivity contribution in [2.24, 2.45) is 5.41 Å². The van der Waals surface area contributed by atoms with Gasteiger partial charge in [-0.2, -0.15) is 13.2 Å². The van der Waals surface area contributed by atoms with Crippen LogP contribution in [0.2, 0.25) is 0 Å². The first kappa shape index (κ1) is 15.3. The van der Waals surface area contributed by atoms with Crippen LogP contribution in [0, 0.1) is 5.41 Å². The maximum atomic E-state index is 13.6. The number of carbonyl (C=O) groups excluding carboxylic acids is 1. The van der Waals surface area contributed by atoms with Crippen molar-refractivity contribution in [1.82, 2.24) is 8.43 Å². The van der Waals surface area contributed by atoms with Gasteiger partial charge >= 0.3 is 6.18 Å². The molecule has 0 aromatic rings. The Balaban J connectivity index is 2.18. The largest absolute Gasteiger partial charge is 0.403 e. The van der Waals surface area contributed by atoms with Crippen molar-refractivity contribution in [3.05, 3.63) is 0 Å². The van der Waals surface area contributed by atoms with Gasteiger partial charge in [0, 0.05) is 29.4 Å². The maximum absolute atomic E-state index is 13.6. The molecule has 1 heterocycles. The van der Waals surface area contributed by atoms with Crippen LogP contribution in [-0.4, -0.2) is 42.3 Å². The Morgan fingerprint density at radius 3 is 2.26 bits per heavy atom. The second-order valence-electron chi connectivity index (χ2n) is 5.23. The van der Waals surface area contributed by atoms with E-state index in [4.69, 9.17) is 0 Å². The third-order valence-corrected chi connectivity index (χ3v) is 4.88. The molecule has 1 amide bonds. The third kappa shape index (κ3) is 2.57. The molecule has 0 aromatic carbocycles. The van der Waals surface area contributed by atoms with Gasteiger partial charge in [-0.3, -0.25) is 8.32 Å². The molecule has 0 spiro atoms. The minimum atomic E-state index is -4.55. The monoisotopic (exact) mass is 394 g/mol. The van der Waals surface area contributed by atoms with Gasteiger partial charge in [0.15, 0.2) is 0 Å². The van der Waals surface area contributed by atoms with Crippen LogP contribution in [0.15, 0.2) is 0 Å². The van der Waals surface area contributed by atoms with E-state index in [-0.39, 0.29) is 25.9 Å². The normalized spacial score (nSPS) is 30.9. The zero-order chi connectivity index (χ0) is 14.3. The highest BCUT2D eigenvalue weighted by molar-refractivity contribution is 14.1. The predicted octanol–water partition coefficient (Wildman–Crippen LogP) is 2.60.